The van der Waals surface area contributed by atoms with Gasteiger partial charge in [-0.15, -0.1) is 0 Å². The second kappa shape index (κ2) is 9.93. The summed E-state index contributed by atoms with van der Waals surface area (Å²) in [6.07, 6.45) is 0.499. The van der Waals surface area contributed by atoms with E-state index in [0.717, 1.165) is 16.8 Å². The smallest absolute Gasteiger partial charge is 0.259 e. The molecule has 0 saturated carbocycles. The number of amides is 2. The van der Waals surface area contributed by atoms with Gasteiger partial charge in [0, 0.05) is 17.7 Å². The number of amidine groups is 2. The Balaban J connectivity index is 1.34. The molecule has 2 aliphatic rings. The highest BCUT2D eigenvalue weighted by Gasteiger charge is 2.41. The molecule has 0 radical (unpaired) electrons. The third-order valence-corrected chi connectivity index (χ3v) is 6.82. The van der Waals surface area contributed by atoms with E-state index in [9.17, 15) is 9.59 Å². The lowest BCUT2D eigenvalue weighted by molar-refractivity contribution is -0.124. The minimum Gasteiger partial charge on any atom is -0.495 e. The highest BCUT2D eigenvalue weighted by atomic mass is 35.5. The van der Waals surface area contributed by atoms with Gasteiger partial charge < -0.3 is 10.1 Å². The predicted molar refractivity (Wildman–Crippen MR) is 140 cm³/mol. The first-order valence-corrected chi connectivity index (χ1v) is 12.3. The van der Waals surface area contributed by atoms with Crippen molar-refractivity contribution in [3.63, 3.8) is 0 Å². The van der Waals surface area contributed by atoms with E-state index in [0.29, 0.717) is 33.9 Å². The molecule has 3 aromatic rings. The van der Waals surface area contributed by atoms with E-state index in [-0.39, 0.29) is 17.6 Å². The number of fused-ring (bicyclic) bond motifs is 3. The molecule has 2 heterocycles. The number of hydrogen-bond donors (Lipinski definition) is 1. The second-order valence-electron chi connectivity index (χ2n) is 7.93. The normalized spacial score (nSPS) is 16.2. The van der Waals surface area contributed by atoms with Gasteiger partial charge in [-0.3, -0.25) is 14.6 Å². The van der Waals surface area contributed by atoms with Crippen LogP contribution in [0, 0.1) is 0 Å². The molecule has 35 heavy (non-hydrogen) atoms. The van der Waals surface area contributed by atoms with Crippen LogP contribution in [0.25, 0.3) is 0 Å². The predicted octanol–water partition coefficient (Wildman–Crippen LogP) is 4.92. The lowest BCUT2D eigenvalue weighted by atomic mass is 10.1. The second-order valence-corrected chi connectivity index (χ2v) is 9.28. The maximum absolute atomic E-state index is 13.4. The number of ether oxygens (including phenoxy) is 1. The van der Waals surface area contributed by atoms with Crippen LogP contribution < -0.4 is 10.1 Å². The van der Waals surface area contributed by atoms with E-state index in [1.54, 1.807) is 18.2 Å². The van der Waals surface area contributed by atoms with Gasteiger partial charge in [-0.05, 0) is 35.9 Å². The Labute approximate surface area is 211 Å². The summed E-state index contributed by atoms with van der Waals surface area (Å²) in [6.45, 7) is 0. The Bertz CT molecular complexity index is 1360. The molecule has 0 spiro atoms. The van der Waals surface area contributed by atoms with Crippen LogP contribution in [0.2, 0.25) is 5.02 Å². The number of benzene rings is 3. The first-order valence-electron chi connectivity index (χ1n) is 10.9. The maximum atomic E-state index is 13.4. The summed E-state index contributed by atoms with van der Waals surface area (Å²) in [5.41, 5.74) is 3.12. The quantitative estimate of drug-likeness (QED) is 0.516. The van der Waals surface area contributed by atoms with Gasteiger partial charge in [-0.1, -0.05) is 65.8 Å². The van der Waals surface area contributed by atoms with E-state index < -0.39 is 6.04 Å². The fraction of sp³-hybridized carbons (Fsp3) is 0.154. The molecule has 0 fully saturated rings. The summed E-state index contributed by atoms with van der Waals surface area (Å²) in [6, 6.07) is 21.9. The number of thioether (sulfide) groups is 1. The van der Waals surface area contributed by atoms with E-state index in [2.05, 4.69) is 10.3 Å². The molecule has 1 N–H and O–H groups in total. The van der Waals surface area contributed by atoms with Gasteiger partial charge >= 0.3 is 0 Å². The Hall–Kier alpha value is -3.62. The summed E-state index contributed by atoms with van der Waals surface area (Å²) < 4.78 is 5.14. The van der Waals surface area contributed by atoms with Crippen molar-refractivity contribution in [3.8, 4) is 5.75 Å². The fourth-order valence-corrected chi connectivity index (χ4v) is 5.00. The highest BCUT2D eigenvalue weighted by molar-refractivity contribution is 8.14. The number of halogens is 1. The number of para-hydroxylation sites is 1. The number of carbonyl (C=O) groups excluding carboxylic acids is 2. The molecule has 176 valence electrons. The monoisotopic (exact) mass is 504 g/mol. The van der Waals surface area contributed by atoms with Crippen LogP contribution in [-0.2, 0) is 16.0 Å². The largest absolute Gasteiger partial charge is 0.495 e. The average molecular weight is 505 g/mol. The van der Waals surface area contributed by atoms with Crippen molar-refractivity contribution in [1.29, 1.82) is 0 Å². The van der Waals surface area contributed by atoms with Gasteiger partial charge in [0.2, 0.25) is 5.91 Å². The Kier molecular flexibility index (Phi) is 6.57. The number of methoxy groups -OCH3 is 1. The summed E-state index contributed by atoms with van der Waals surface area (Å²) in [5, 5.41) is 3.65. The number of nitrogens with zero attached hydrogens (tertiary/aromatic N) is 3. The van der Waals surface area contributed by atoms with Crippen LogP contribution in [0.4, 0.5) is 11.4 Å². The molecule has 9 heteroatoms. The minimum atomic E-state index is -0.542. The van der Waals surface area contributed by atoms with Crippen LogP contribution in [0.1, 0.15) is 11.1 Å². The first-order chi connectivity index (χ1) is 17.0. The summed E-state index contributed by atoms with van der Waals surface area (Å²) in [7, 11) is 1.53. The van der Waals surface area contributed by atoms with Gasteiger partial charge in [0.1, 0.15) is 17.6 Å². The van der Waals surface area contributed by atoms with Gasteiger partial charge in [0.15, 0.2) is 5.17 Å². The lowest BCUT2D eigenvalue weighted by Crippen LogP contribution is -2.41. The standard InChI is InChI=1S/C26H21ClN4O3S/c1-34-22-12-11-17(14-19(22)27)28-23(32)15-35-26-30-20-10-6-5-9-18(20)24-29-21(25(33)31(24)26)13-16-7-3-2-4-8-16/h2-12,14,21H,13,15H2,1H3,(H,28,32)/t21-/m1/s1. The SMILES string of the molecule is COc1ccc(NC(=O)CSC2=Nc3ccccc3C3=N[C@H](Cc4ccccc4)C(=O)N23)cc1Cl. The molecule has 0 aromatic heterocycles. The number of nitrogens with one attached hydrogen (secondary N) is 1. The van der Waals surface area contributed by atoms with Crippen molar-refractivity contribution in [1.82, 2.24) is 4.90 Å². The molecule has 1 atom stereocenters. The Morgan fingerprint density at radius 3 is 2.66 bits per heavy atom. The third-order valence-electron chi connectivity index (χ3n) is 5.59. The number of rotatable bonds is 6. The molecule has 0 unspecified atom stereocenters. The molecule has 2 amide bonds. The number of hydrogen-bond acceptors (Lipinski definition) is 6. The van der Waals surface area contributed by atoms with Crippen molar-refractivity contribution in [2.24, 2.45) is 9.98 Å². The van der Waals surface area contributed by atoms with E-state index in [1.807, 2.05) is 54.6 Å². The molecule has 7 nitrogen and oxygen atoms in total. The molecule has 5 rings (SSSR count). The molecule has 0 saturated heterocycles. The summed E-state index contributed by atoms with van der Waals surface area (Å²) in [4.78, 5) is 37.0. The van der Waals surface area contributed by atoms with Crippen molar-refractivity contribution in [2.45, 2.75) is 12.5 Å². The summed E-state index contributed by atoms with van der Waals surface area (Å²) in [5.74, 6) is 0.770. The van der Waals surface area contributed by atoms with Crippen molar-refractivity contribution in [3.05, 3.63) is 88.9 Å². The van der Waals surface area contributed by atoms with E-state index in [1.165, 1.54) is 23.8 Å². The highest BCUT2D eigenvalue weighted by Crippen LogP contribution is 2.34. The summed E-state index contributed by atoms with van der Waals surface area (Å²) >= 11 is 7.34. The molecular weight excluding hydrogens is 484 g/mol. The minimum absolute atomic E-state index is 0.0606. The van der Waals surface area contributed by atoms with E-state index in [4.69, 9.17) is 21.3 Å². The Morgan fingerprint density at radius 2 is 1.89 bits per heavy atom. The number of aliphatic imine (C=N–C) groups is 2. The van der Waals surface area contributed by atoms with E-state index >= 15 is 0 Å². The van der Waals surface area contributed by atoms with Gasteiger partial charge in [0.05, 0.1) is 23.6 Å². The third kappa shape index (κ3) is 4.80. The van der Waals surface area contributed by atoms with Gasteiger partial charge in [-0.25, -0.2) is 9.89 Å². The van der Waals surface area contributed by atoms with Crippen LogP contribution in [0.15, 0.2) is 82.8 Å². The molecule has 2 aliphatic heterocycles. The number of carbonyl (C=O) groups is 2. The van der Waals surface area contributed by atoms with Crippen molar-refractivity contribution in [2.75, 3.05) is 18.2 Å². The molecule has 3 aromatic carbocycles. The zero-order valence-electron chi connectivity index (χ0n) is 18.8. The zero-order valence-corrected chi connectivity index (χ0v) is 20.3. The molecule has 0 aliphatic carbocycles. The molecular formula is C26H21ClN4O3S. The maximum Gasteiger partial charge on any atom is 0.259 e. The van der Waals surface area contributed by atoms with Crippen LogP contribution in [0.3, 0.4) is 0 Å². The fourth-order valence-electron chi connectivity index (χ4n) is 3.94. The van der Waals surface area contributed by atoms with Gasteiger partial charge in [0.25, 0.3) is 5.91 Å². The number of anilines is 1. The average Bonchev–Trinajstić information content (AvgIpc) is 3.19. The van der Waals surface area contributed by atoms with Crippen molar-refractivity contribution < 1.29 is 14.3 Å². The van der Waals surface area contributed by atoms with Crippen LogP contribution in [0.5, 0.6) is 5.75 Å². The van der Waals surface area contributed by atoms with Crippen LogP contribution >= 0.6 is 23.4 Å². The lowest BCUT2D eigenvalue weighted by Gasteiger charge is -2.25. The Morgan fingerprint density at radius 1 is 1.11 bits per heavy atom. The first kappa shape index (κ1) is 23.1. The van der Waals surface area contributed by atoms with Crippen LogP contribution in [-0.4, -0.2) is 46.6 Å². The zero-order chi connectivity index (χ0) is 24.4. The molecule has 0 bridgehead atoms. The van der Waals surface area contributed by atoms with Gasteiger partial charge in [-0.2, -0.15) is 0 Å². The van der Waals surface area contributed by atoms with Crippen molar-refractivity contribution >= 4 is 57.6 Å². The topological polar surface area (TPSA) is 83.4 Å².